The van der Waals surface area contributed by atoms with E-state index in [0.717, 1.165) is 30.7 Å². The number of carbonyl (C=O) groups is 3. The maximum absolute atomic E-state index is 14.0. The van der Waals surface area contributed by atoms with Crippen molar-refractivity contribution in [2.75, 3.05) is 11.9 Å². The number of nitrogens with zero attached hydrogens (tertiary/aromatic N) is 3. The highest BCUT2D eigenvalue weighted by Crippen LogP contribution is 2.30. The van der Waals surface area contributed by atoms with E-state index in [0.29, 0.717) is 24.2 Å². The van der Waals surface area contributed by atoms with Crippen molar-refractivity contribution < 1.29 is 41.6 Å². The number of ether oxygens (including phenoxy) is 1. The van der Waals surface area contributed by atoms with Crippen molar-refractivity contribution in [2.24, 2.45) is 0 Å². The minimum Gasteiger partial charge on any atom is -0.488 e. The second-order valence-corrected chi connectivity index (χ2v) is 12.3. The van der Waals surface area contributed by atoms with Crippen LogP contribution in [0.15, 0.2) is 76.6 Å². The van der Waals surface area contributed by atoms with E-state index in [9.17, 15) is 32.5 Å². The number of rotatable bonds is 13. The monoisotopic (exact) mass is 638 g/mol. The Balaban J connectivity index is 1.35. The molecule has 0 saturated carbocycles. The van der Waals surface area contributed by atoms with Gasteiger partial charge >= 0.3 is 5.97 Å². The average molecular weight is 639 g/mol. The molecule has 3 N–H and O–H groups in total. The Morgan fingerprint density at radius 2 is 1.93 bits per heavy atom. The molecule has 3 heterocycles. The largest absolute Gasteiger partial charge is 0.488 e. The molecular weight excluding hydrogens is 604 g/mol. The van der Waals surface area contributed by atoms with E-state index in [-0.39, 0.29) is 24.3 Å². The normalized spacial score (nSPS) is 17.3. The molecule has 2 aromatic heterocycles. The highest BCUT2D eigenvalue weighted by Gasteiger charge is 2.43. The van der Waals surface area contributed by atoms with Gasteiger partial charge in [-0.05, 0) is 42.8 Å². The summed E-state index contributed by atoms with van der Waals surface area (Å²) in [4.78, 5) is 44.2. The lowest BCUT2D eigenvalue weighted by Crippen LogP contribution is -2.44. The maximum Gasteiger partial charge on any atom is 0.326 e. The Kier molecular flexibility index (Phi) is 9.54. The fraction of sp³-hybridized carbons (Fsp3) is 0.355. The van der Waals surface area contributed by atoms with Crippen LogP contribution in [-0.4, -0.2) is 69.0 Å². The van der Waals surface area contributed by atoms with Crippen molar-refractivity contribution in [1.82, 2.24) is 14.5 Å². The number of carbonyl (C=O) groups excluding carboxylic acids is 2. The van der Waals surface area contributed by atoms with E-state index in [1.165, 1.54) is 40.2 Å². The number of imidazole rings is 1. The fourth-order valence-corrected chi connectivity index (χ4v) is 6.25. The number of carboxylic acids is 1. The molecule has 1 aliphatic heterocycles. The number of carboxylic acid groups (broad SMARTS) is 1. The van der Waals surface area contributed by atoms with E-state index in [1.807, 2.05) is 0 Å². The summed E-state index contributed by atoms with van der Waals surface area (Å²) < 4.78 is 46.0. The van der Waals surface area contributed by atoms with Crippen molar-refractivity contribution >= 4 is 44.7 Å². The Hall–Kier alpha value is -4.69. The third-order valence-electron chi connectivity index (χ3n) is 7.79. The van der Waals surface area contributed by atoms with Crippen LogP contribution in [0.2, 0.25) is 0 Å². The van der Waals surface area contributed by atoms with Crippen LogP contribution in [-0.2, 0) is 19.7 Å². The first-order valence-electron chi connectivity index (χ1n) is 14.6. The number of likely N-dealkylation sites (tertiary alicyclic amines) is 1. The molecule has 0 spiro atoms. The lowest BCUT2D eigenvalue weighted by atomic mass is 10.1. The van der Waals surface area contributed by atoms with Crippen LogP contribution in [0.3, 0.4) is 0 Å². The van der Waals surface area contributed by atoms with Crippen LogP contribution in [0.4, 0.5) is 5.82 Å². The first-order chi connectivity index (χ1) is 21.5. The standard InChI is InChI=1S/C31H34N4O9S/c1-2-3-4-5-9-24(34-18-28(32-19-34)33-29(36)23-8-6-7-10-27(23)45(40,41)42)30(37)35-17-22(16-25(35)31(38)39)44-21-11-12-26-20(15-21)13-14-43-26/h6-8,10-15,18-19,22,24-25H,2-5,9,16-17H2,1H3,(H,33,36)(H,38,39)(H,40,41,42)/t22-,24?,25-/m0/s1. The van der Waals surface area contributed by atoms with Gasteiger partial charge in [0.2, 0.25) is 5.91 Å². The average Bonchev–Trinajstić information content (AvgIpc) is 3.76. The van der Waals surface area contributed by atoms with Gasteiger partial charge in [0.05, 0.1) is 24.7 Å². The summed E-state index contributed by atoms with van der Waals surface area (Å²) in [6, 6.07) is 10.4. The van der Waals surface area contributed by atoms with Crippen LogP contribution in [0.25, 0.3) is 11.0 Å². The summed E-state index contributed by atoms with van der Waals surface area (Å²) in [5.41, 5.74) is 0.416. The number of aromatic nitrogens is 2. The highest BCUT2D eigenvalue weighted by molar-refractivity contribution is 7.86. The molecule has 1 saturated heterocycles. The summed E-state index contributed by atoms with van der Waals surface area (Å²) in [6.45, 7) is 2.13. The predicted octanol–water partition coefficient (Wildman–Crippen LogP) is 4.77. The van der Waals surface area contributed by atoms with Gasteiger partial charge in [0.15, 0.2) is 5.82 Å². The Morgan fingerprint density at radius 3 is 2.69 bits per heavy atom. The van der Waals surface area contributed by atoms with E-state index in [1.54, 1.807) is 30.5 Å². The Labute approximate surface area is 259 Å². The first kappa shape index (κ1) is 31.7. The number of fused-ring (bicyclic) bond motifs is 1. The van der Waals surface area contributed by atoms with Crippen LogP contribution < -0.4 is 10.1 Å². The number of furan rings is 1. The number of hydrogen-bond donors (Lipinski definition) is 3. The second-order valence-electron chi connectivity index (χ2n) is 10.9. The third kappa shape index (κ3) is 7.35. The van der Waals surface area contributed by atoms with E-state index < -0.39 is 51.0 Å². The van der Waals surface area contributed by atoms with Gasteiger partial charge in [-0.2, -0.15) is 8.42 Å². The van der Waals surface area contributed by atoms with Gasteiger partial charge in [-0.1, -0.05) is 44.7 Å². The van der Waals surface area contributed by atoms with Gasteiger partial charge in [0, 0.05) is 18.0 Å². The van der Waals surface area contributed by atoms with Crippen molar-refractivity contribution in [2.45, 2.75) is 68.5 Å². The molecule has 1 aliphatic rings. The molecule has 13 nitrogen and oxygen atoms in total. The summed E-state index contributed by atoms with van der Waals surface area (Å²) in [5.74, 6) is -1.79. The topological polar surface area (TPSA) is 181 Å². The number of unbranched alkanes of at least 4 members (excludes halogenated alkanes) is 3. The molecule has 0 radical (unpaired) electrons. The van der Waals surface area contributed by atoms with Crippen molar-refractivity contribution in [1.29, 1.82) is 0 Å². The first-order valence-corrected chi connectivity index (χ1v) is 16.1. The van der Waals surface area contributed by atoms with Gasteiger partial charge in [-0.15, -0.1) is 0 Å². The van der Waals surface area contributed by atoms with Gasteiger partial charge in [-0.25, -0.2) is 9.78 Å². The van der Waals surface area contributed by atoms with Gasteiger partial charge < -0.3 is 29.0 Å². The molecule has 238 valence electrons. The third-order valence-corrected chi connectivity index (χ3v) is 8.70. The molecular formula is C31H34N4O9S. The predicted molar refractivity (Wildman–Crippen MR) is 163 cm³/mol. The van der Waals surface area contributed by atoms with Crippen molar-refractivity contribution in [3.8, 4) is 5.75 Å². The molecule has 2 aromatic carbocycles. The van der Waals surface area contributed by atoms with Crippen molar-refractivity contribution in [3.05, 3.63) is 72.9 Å². The van der Waals surface area contributed by atoms with Crippen LogP contribution in [0.1, 0.15) is 61.8 Å². The summed E-state index contributed by atoms with van der Waals surface area (Å²) in [5, 5.41) is 13.4. The molecule has 4 aromatic rings. The number of amides is 2. The van der Waals surface area contributed by atoms with Crippen LogP contribution >= 0.6 is 0 Å². The SMILES string of the molecule is CCCCCCC(C(=O)N1C[C@@H](Oc2ccc3occc3c2)C[C@H]1C(=O)O)n1cnc(NC(=O)c2ccccc2S(=O)(=O)O)c1. The number of benzene rings is 2. The summed E-state index contributed by atoms with van der Waals surface area (Å²) in [7, 11) is -4.66. The van der Waals surface area contributed by atoms with Gasteiger partial charge in [0.25, 0.3) is 16.0 Å². The number of hydrogen-bond acceptors (Lipinski definition) is 8. The Morgan fingerprint density at radius 1 is 1.13 bits per heavy atom. The Bertz CT molecular complexity index is 1800. The molecule has 5 rings (SSSR count). The van der Waals surface area contributed by atoms with E-state index in [2.05, 4.69) is 17.2 Å². The zero-order valence-corrected chi connectivity index (χ0v) is 25.4. The molecule has 45 heavy (non-hydrogen) atoms. The zero-order valence-electron chi connectivity index (χ0n) is 24.5. The van der Waals surface area contributed by atoms with Crippen LogP contribution in [0.5, 0.6) is 5.75 Å². The minimum absolute atomic E-state index is 0.0450. The molecule has 2 amide bonds. The molecule has 3 atom stereocenters. The summed E-state index contributed by atoms with van der Waals surface area (Å²) >= 11 is 0. The highest BCUT2D eigenvalue weighted by atomic mass is 32.2. The molecule has 0 aliphatic carbocycles. The quantitative estimate of drug-likeness (QED) is 0.136. The van der Waals surface area contributed by atoms with Crippen LogP contribution in [0, 0.1) is 0 Å². The molecule has 1 unspecified atom stereocenters. The van der Waals surface area contributed by atoms with E-state index in [4.69, 9.17) is 9.15 Å². The van der Waals surface area contributed by atoms with Crippen molar-refractivity contribution in [3.63, 3.8) is 0 Å². The maximum atomic E-state index is 14.0. The van der Waals surface area contributed by atoms with E-state index >= 15 is 0 Å². The smallest absolute Gasteiger partial charge is 0.326 e. The van der Waals surface area contributed by atoms with Gasteiger partial charge in [-0.3, -0.25) is 14.1 Å². The zero-order chi connectivity index (χ0) is 32.1. The number of anilines is 1. The summed E-state index contributed by atoms with van der Waals surface area (Å²) in [6.07, 6.45) is 7.85. The number of nitrogens with one attached hydrogen (secondary N) is 1. The number of aliphatic carboxylic acids is 1. The fourth-order valence-electron chi connectivity index (χ4n) is 5.56. The lowest BCUT2D eigenvalue weighted by molar-refractivity contribution is -0.149. The second kappa shape index (κ2) is 13.5. The minimum atomic E-state index is -4.66. The molecule has 14 heteroatoms. The van der Waals surface area contributed by atoms with Gasteiger partial charge in [0.1, 0.15) is 34.4 Å². The molecule has 1 fully saturated rings. The molecule has 0 bridgehead atoms. The lowest BCUT2D eigenvalue weighted by Gasteiger charge is -2.27.